The maximum Gasteiger partial charge on any atom is 0.217 e. The Morgan fingerprint density at radius 3 is 1.13 bits per heavy atom. The number of nitrogens with two attached hydrogens (primary N) is 1. The maximum absolute atomic E-state index is 10.6. The van der Waals surface area contributed by atoms with E-state index in [1.54, 1.807) is 0 Å². The van der Waals surface area contributed by atoms with Crippen molar-refractivity contribution < 1.29 is 4.79 Å². The van der Waals surface area contributed by atoms with Crippen LogP contribution in [0.1, 0.15) is 161 Å². The highest BCUT2D eigenvalue weighted by atomic mass is 16.1. The van der Waals surface area contributed by atoms with Crippen LogP contribution in [-0.4, -0.2) is 5.91 Å². The Balaban J connectivity index is 3.07. The Morgan fingerprint density at radius 1 is 0.500 bits per heavy atom. The molecule has 0 saturated heterocycles. The maximum atomic E-state index is 10.6. The summed E-state index contributed by atoms with van der Waals surface area (Å²) in [6, 6.07) is 0. The van der Waals surface area contributed by atoms with E-state index in [9.17, 15) is 4.79 Å². The molecule has 0 rings (SSSR count). The number of amides is 1. The van der Waals surface area contributed by atoms with Crippen molar-refractivity contribution >= 4 is 5.91 Å². The van der Waals surface area contributed by atoms with Gasteiger partial charge >= 0.3 is 0 Å². The second kappa shape index (κ2) is 26.2. The second-order valence-corrected chi connectivity index (χ2v) is 9.34. The first-order valence-corrected chi connectivity index (χ1v) is 13.7. The van der Waals surface area contributed by atoms with Crippen molar-refractivity contribution in [3.63, 3.8) is 0 Å². The molecule has 0 aromatic carbocycles. The number of hydrogen-bond acceptors (Lipinski definition) is 1. The van der Waals surface area contributed by atoms with Crippen LogP contribution in [0.2, 0.25) is 0 Å². The van der Waals surface area contributed by atoms with Crippen LogP contribution in [0.4, 0.5) is 0 Å². The van der Waals surface area contributed by atoms with Crippen LogP contribution in [-0.2, 0) is 4.79 Å². The third kappa shape index (κ3) is 27.2. The molecular weight excluding hydrogens is 366 g/mol. The average Bonchev–Trinajstić information content (AvgIpc) is 2.73. The van der Waals surface area contributed by atoms with Crippen LogP contribution < -0.4 is 5.73 Å². The Kier molecular flexibility index (Phi) is 25.6. The van der Waals surface area contributed by atoms with E-state index in [0.29, 0.717) is 6.42 Å². The highest BCUT2D eigenvalue weighted by molar-refractivity contribution is 5.73. The molecule has 0 aromatic rings. The molecule has 0 heterocycles. The SMILES string of the molecule is CCCCCCCCCCCCCCCCC/C=C/CCCCCCCCC(N)=O. The summed E-state index contributed by atoms with van der Waals surface area (Å²) in [5.41, 5.74) is 5.14. The predicted octanol–water partition coefficient (Wildman–Crippen LogP) is 9.41. The Labute approximate surface area is 189 Å². The molecule has 0 fully saturated rings. The molecule has 2 N–H and O–H groups in total. The van der Waals surface area contributed by atoms with Crippen molar-refractivity contribution in [2.75, 3.05) is 0 Å². The summed E-state index contributed by atoms with van der Waals surface area (Å²) < 4.78 is 0. The molecule has 0 saturated carbocycles. The van der Waals surface area contributed by atoms with Gasteiger partial charge in [0.1, 0.15) is 0 Å². The van der Waals surface area contributed by atoms with Crippen LogP contribution in [0.5, 0.6) is 0 Å². The number of allylic oxidation sites excluding steroid dienone is 2. The van der Waals surface area contributed by atoms with Crippen molar-refractivity contribution in [2.24, 2.45) is 5.73 Å². The highest BCUT2D eigenvalue weighted by Gasteiger charge is 1.95. The molecule has 2 heteroatoms. The summed E-state index contributed by atoms with van der Waals surface area (Å²) in [6.45, 7) is 2.29. The summed E-state index contributed by atoms with van der Waals surface area (Å²) in [4.78, 5) is 10.6. The van der Waals surface area contributed by atoms with Gasteiger partial charge in [-0.15, -0.1) is 0 Å². The minimum Gasteiger partial charge on any atom is -0.370 e. The van der Waals surface area contributed by atoms with E-state index in [1.165, 1.54) is 135 Å². The molecule has 0 aromatic heterocycles. The summed E-state index contributed by atoms with van der Waals surface area (Å²) in [5.74, 6) is -0.158. The first-order chi connectivity index (χ1) is 14.8. The zero-order valence-corrected chi connectivity index (χ0v) is 20.6. The standard InChI is InChI=1S/C28H55NO/c1-2-3-4-5-6-7-8-9-10-11-12-13-14-15-16-17-18-19-20-21-22-23-24-25-26-27-28(29)30/h18-19H,2-17,20-27H2,1H3,(H2,29,30)/b19-18+. The summed E-state index contributed by atoms with van der Waals surface area (Å²) in [6.07, 6.45) is 36.7. The molecule has 2 nitrogen and oxygen atoms in total. The van der Waals surface area contributed by atoms with E-state index in [-0.39, 0.29) is 5.91 Å². The van der Waals surface area contributed by atoms with Gasteiger partial charge in [-0.3, -0.25) is 4.79 Å². The quantitative estimate of drug-likeness (QED) is 0.116. The lowest BCUT2D eigenvalue weighted by molar-refractivity contribution is -0.118. The van der Waals surface area contributed by atoms with E-state index in [0.717, 1.165) is 12.8 Å². The zero-order chi connectivity index (χ0) is 22.0. The second-order valence-electron chi connectivity index (χ2n) is 9.34. The predicted molar refractivity (Wildman–Crippen MR) is 135 cm³/mol. The van der Waals surface area contributed by atoms with E-state index < -0.39 is 0 Å². The van der Waals surface area contributed by atoms with Gasteiger partial charge in [0.25, 0.3) is 0 Å². The van der Waals surface area contributed by atoms with E-state index >= 15 is 0 Å². The zero-order valence-electron chi connectivity index (χ0n) is 20.6. The fraction of sp³-hybridized carbons (Fsp3) is 0.893. The van der Waals surface area contributed by atoms with Gasteiger partial charge in [0, 0.05) is 6.42 Å². The van der Waals surface area contributed by atoms with Crippen molar-refractivity contribution in [3.8, 4) is 0 Å². The molecule has 178 valence electrons. The highest BCUT2D eigenvalue weighted by Crippen LogP contribution is 2.14. The average molecular weight is 422 g/mol. The van der Waals surface area contributed by atoms with Crippen molar-refractivity contribution in [1.82, 2.24) is 0 Å². The van der Waals surface area contributed by atoms with Crippen LogP contribution in [0.3, 0.4) is 0 Å². The normalized spacial score (nSPS) is 11.5. The summed E-state index contributed by atoms with van der Waals surface area (Å²) in [5, 5.41) is 0. The molecule has 0 radical (unpaired) electrons. The first-order valence-electron chi connectivity index (χ1n) is 13.7. The summed E-state index contributed by atoms with van der Waals surface area (Å²) >= 11 is 0. The Morgan fingerprint density at radius 2 is 0.800 bits per heavy atom. The van der Waals surface area contributed by atoms with Crippen molar-refractivity contribution in [1.29, 1.82) is 0 Å². The Bertz CT molecular complexity index is 364. The lowest BCUT2D eigenvalue weighted by Gasteiger charge is -2.03. The number of primary amides is 1. The van der Waals surface area contributed by atoms with Gasteiger partial charge in [0.05, 0.1) is 0 Å². The third-order valence-electron chi connectivity index (χ3n) is 6.18. The number of carbonyl (C=O) groups excluding carboxylic acids is 1. The third-order valence-corrected chi connectivity index (χ3v) is 6.18. The van der Waals surface area contributed by atoms with Crippen LogP contribution >= 0.6 is 0 Å². The monoisotopic (exact) mass is 421 g/mol. The molecule has 1 amide bonds. The van der Waals surface area contributed by atoms with Crippen LogP contribution in [0.25, 0.3) is 0 Å². The lowest BCUT2D eigenvalue weighted by Crippen LogP contribution is -2.09. The number of rotatable bonds is 25. The smallest absolute Gasteiger partial charge is 0.217 e. The summed E-state index contributed by atoms with van der Waals surface area (Å²) in [7, 11) is 0. The van der Waals surface area contributed by atoms with Gasteiger partial charge in [0.15, 0.2) is 0 Å². The minimum atomic E-state index is -0.158. The molecule has 0 aliphatic rings. The fourth-order valence-corrected chi connectivity index (χ4v) is 4.14. The van der Waals surface area contributed by atoms with Gasteiger partial charge < -0.3 is 5.73 Å². The Hall–Kier alpha value is -0.790. The molecular formula is C28H55NO. The first kappa shape index (κ1) is 29.2. The van der Waals surface area contributed by atoms with E-state index in [1.807, 2.05) is 0 Å². The largest absolute Gasteiger partial charge is 0.370 e. The van der Waals surface area contributed by atoms with Crippen molar-refractivity contribution in [2.45, 2.75) is 161 Å². The minimum absolute atomic E-state index is 0.158. The molecule has 0 spiro atoms. The molecule has 0 aliphatic carbocycles. The van der Waals surface area contributed by atoms with Gasteiger partial charge in [-0.2, -0.15) is 0 Å². The van der Waals surface area contributed by atoms with Gasteiger partial charge in [-0.05, 0) is 32.1 Å². The van der Waals surface area contributed by atoms with E-state index in [4.69, 9.17) is 5.73 Å². The van der Waals surface area contributed by atoms with Crippen LogP contribution in [0.15, 0.2) is 12.2 Å². The van der Waals surface area contributed by atoms with Gasteiger partial charge in [0.2, 0.25) is 5.91 Å². The van der Waals surface area contributed by atoms with Gasteiger partial charge in [-0.1, -0.05) is 135 Å². The number of carbonyl (C=O) groups is 1. The molecule has 0 aliphatic heterocycles. The molecule has 30 heavy (non-hydrogen) atoms. The lowest BCUT2D eigenvalue weighted by atomic mass is 10.0. The number of hydrogen-bond donors (Lipinski definition) is 1. The molecule has 0 bridgehead atoms. The molecule has 0 unspecified atom stereocenters. The van der Waals surface area contributed by atoms with Crippen LogP contribution in [0, 0.1) is 0 Å². The van der Waals surface area contributed by atoms with E-state index in [2.05, 4.69) is 19.1 Å². The molecule has 0 atom stereocenters. The topological polar surface area (TPSA) is 43.1 Å². The van der Waals surface area contributed by atoms with Crippen molar-refractivity contribution in [3.05, 3.63) is 12.2 Å². The fourth-order valence-electron chi connectivity index (χ4n) is 4.14. The number of unbranched alkanes of at least 4 members (excludes halogenated alkanes) is 21. The van der Waals surface area contributed by atoms with Gasteiger partial charge in [-0.25, -0.2) is 0 Å².